The highest BCUT2D eigenvalue weighted by Gasteiger charge is 2.22. The molecule has 19 heavy (non-hydrogen) atoms. The van der Waals surface area contributed by atoms with Gasteiger partial charge in [-0.05, 0) is 38.0 Å². The molecule has 0 rings (SSSR count). The Labute approximate surface area is 120 Å². The third kappa shape index (κ3) is 11.4. The second-order valence-electron chi connectivity index (χ2n) is 7.40. The van der Waals surface area contributed by atoms with Gasteiger partial charge in [0.15, 0.2) is 0 Å². The van der Waals surface area contributed by atoms with Crippen molar-refractivity contribution in [3.8, 4) is 0 Å². The van der Waals surface area contributed by atoms with Crippen LogP contribution in [0.15, 0.2) is 0 Å². The molecule has 3 nitrogen and oxygen atoms in total. The van der Waals surface area contributed by atoms with Crippen LogP contribution in [0.25, 0.3) is 0 Å². The Morgan fingerprint density at radius 1 is 1.00 bits per heavy atom. The van der Waals surface area contributed by atoms with E-state index in [1.54, 1.807) is 0 Å². The molecule has 0 aromatic carbocycles. The van der Waals surface area contributed by atoms with Crippen molar-refractivity contribution >= 4 is 0 Å². The SMILES string of the molecule is CC(C)NC(C)(CO)CCCCOCCC(C)(C)C. The van der Waals surface area contributed by atoms with Crippen molar-refractivity contribution in [1.82, 2.24) is 5.32 Å². The highest BCUT2D eigenvalue weighted by molar-refractivity contribution is 4.83. The maximum Gasteiger partial charge on any atom is 0.0610 e. The molecule has 0 bridgehead atoms. The molecule has 0 heterocycles. The Bertz CT molecular complexity index is 223. The lowest BCUT2D eigenvalue weighted by molar-refractivity contribution is 0.0999. The zero-order valence-electron chi connectivity index (χ0n) is 13.9. The van der Waals surface area contributed by atoms with E-state index < -0.39 is 0 Å². The Morgan fingerprint density at radius 3 is 2.11 bits per heavy atom. The van der Waals surface area contributed by atoms with Crippen molar-refractivity contribution in [2.75, 3.05) is 19.8 Å². The first-order valence-electron chi connectivity index (χ1n) is 7.65. The van der Waals surface area contributed by atoms with Crippen LogP contribution in [0.4, 0.5) is 0 Å². The second-order valence-corrected chi connectivity index (χ2v) is 7.40. The van der Waals surface area contributed by atoms with Crippen LogP contribution in [0.2, 0.25) is 0 Å². The Morgan fingerprint density at radius 2 is 1.63 bits per heavy atom. The van der Waals surface area contributed by atoms with Gasteiger partial charge in [0.25, 0.3) is 0 Å². The number of nitrogens with one attached hydrogen (secondary N) is 1. The highest BCUT2D eigenvalue weighted by atomic mass is 16.5. The van der Waals surface area contributed by atoms with Crippen molar-refractivity contribution in [2.24, 2.45) is 5.41 Å². The molecule has 0 amide bonds. The lowest BCUT2D eigenvalue weighted by Crippen LogP contribution is -2.49. The number of ether oxygens (including phenoxy) is 1. The maximum atomic E-state index is 9.47. The average Bonchev–Trinajstić information content (AvgIpc) is 2.25. The van der Waals surface area contributed by atoms with Crippen molar-refractivity contribution < 1.29 is 9.84 Å². The molecule has 0 fully saturated rings. The zero-order valence-corrected chi connectivity index (χ0v) is 13.9. The quantitative estimate of drug-likeness (QED) is 0.600. The summed E-state index contributed by atoms with van der Waals surface area (Å²) in [7, 11) is 0. The van der Waals surface area contributed by atoms with Gasteiger partial charge >= 0.3 is 0 Å². The molecule has 0 aromatic rings. The fraction of sp³-hybridized carbons (Fsp3) is 1.00. The molecule has 1 unspecified atom stereocenters. The van der Waals surface area contributed by atoms with E-state index in [0.29, 0.717) is 11.5 Å². The monoisotopic (exact) mass is 273 g/mol. The standard InChI is InChI=1S/C16H35NO2/c1-14(2)17-16(6,13-18)9-7-8-11-19-12-10-15(3,4)5/h14,17-18H,7-13H2,1-6H3. The van der Waals surface area contributed by atoms with Crippen LogP contribution in [0, 0.1) is 5.41 Å². The number of hydrogen-bond acceptors (Lipinski definition) is 3. The summed E-state index contributed by atoms with van der Waals surface area (Å²) in [5, 5.41) is 12.9. The van der Waals surface area contributed by atoms with Crippen molar-refractivity contribution in [3.05, 3.63) is 0 Å². The zero-order chi connectivity index (χ0) is 14.9. The summed E-state index contributed by atoms with van der Waals surface area (Å²) in [6.07, 6.45) is 4.26. The minimum absolute atomic E-state index is 0.153. The molecule has 0 aliphatic carbocycles. The van der Waals surface area contributed by atoms with Gasteiger partial charge in [0, 0.05) is 24.8 Å². The summed E-state index contributed by atoms with van der Waals surface area (Å²) >= 11 is 0. The van der Waals surface area contributed by atoms with Crippen LogP contribution in [0.3, 0.4) is 0 Å². The van der Waals surface area contributed by atoms with Gasteiger partial charge in [-0.3, -0.25) is 0 Å². The van der Waals surface area contributed by atoms with Crippen molar-refractivity contribution in [2.45, 2.75) is 78.8 Å². The molecule has 2 N–H and O–H groups in total. The minimum atomic E-state index is -0.153. The van der Waals surface area contributed by atoms with Crippen LogP contribution >= 0.6 is 0 Å². The van der Waals surface area contributed by atoms with E-state index in [4.69, 9.17) is 4.74 Å². The third-order valence-corrected chi connectivity index (χ3v) is 3.25. The summed E-state index contributed by atoms with van der Waals surface area (Å²) in [6, 6.07) is 0.403. The number of unbranched alkanes of at least 4 members (excludes halogenated alkanes) is 1. The van der Waals surface area contributed by atoms with Crippen LogP contribution in [0.1, 0.15) is 67.2 Å². The molecule has 0 aromatic heterocycles. The van der Waals surface area contributed by atoms with Gasteiger partial charge < -0.3 is 15.2 Å². The van der Waals surface area contributed by atoms with E-state index in [1.807, 2.05) is 0 Å². The molecule has 3 heteroatoms. The Kier molecular flexibility index (Phi) is 8.88. The molecule has 0 radical (unpaired) electrons. The Balaban J connectivity index is 3.62. The van der Waals surface area contributed by atoms with E-state index in [-0.39, 0.29) is 12.1 Å². The normalized spacial score (nSPS) is 15.8. The lowest BCUT2D eigenvalue weighted by atomic mass is 9.93. The van der Waals surface area contributed by atoms with E-state index in [2.05, 4.69) is 46.9 Å². The maximum absolute atomic E-state index is 9.47. The van der Waals surface area contributed by atoms with Crippen LogP contribution < -0.4 is 5.32 Å². The molecule has 0 saturated carbocycles. The van der Waals surface area contributed by atoms with E-state index in [1.165, 1.54) is 0 Å². The van der Waals surface area contributed by atoms with Crippen molar-refractivity contribution in [3.63, 3.8) is 0 Å². The fourth-order valence-corrected chi connectivity index (χ4v) is 2.09. The lowest BCUT2D eigenvalue weighted by Gasteiger charge is -2.31. The fourth-order valence-electron chi connectivity index (χ4n) is 2.09. The molecule has 0 aliphatic heterocycles. The Hall–Kier alpha value is -0.120. The van der Waals surface area contributed by atoms with Gasteiger partial charge in [0.05, 0.1) is 6.61 Å². The first-order chi connectivity index (χ1) is 8.68. The predicted molar refractivity (Wildman–Crippen MR) is 82.5 cm³/mol. The predicted octanol–water partition coefficient (Wildman–Crippen LogP) is 3.36. The number of aliphatic hydroxyl groups excluding tert-OH is 1. The van der Waals surface area contributed by atoms with E-state index in [9.17, 15) is 5.11 Å². The molecule has 116 valence electrons. The molecule has 0 saturated heterocycles. The molecular weight excluding hydrogens is 238 g/mol. The summed E-state index contributed by atoms with van der Waals surface area (Å²) in [4.78, 5) is 0. The van der Waals surface area contributed by atoms with Gasteiger partial charge in [-0.2, -0.15) is 0 Å². The smallest absolute Gasteiger partial charge is 0.0610 e. The number of rotatable bonds is 10. The molecule has 0 aliphatic rings. The van der Waals surface area contributed by atoms with Crippen LogP contribution in [-0.2, 0) is 4.74 Å². The van der Waals surface area contributed by atoms with Crippen molar-refractivity contribution in [1.29, 1.82) is 0 Å². The van der Waals surface area contributed by atoms with Gasteiger partial charge in [-0.25, -0.2) is 0 Å². The minimum Gasteiger partial charge on any atom is -0.394 e. The first-order valence-corrected chi connectivity index (χ1v) is 7.65. The summed E-state index contributed by atoms with van der Waals surface area (Å²) in [6.45, 7) is 14.9. The van der Waals surface area contributed by atoms with E-state index >= 15 is 0 Å². The van der Waals surface area contributed by atoms with Gasteiger partial charge in [-0.15, -0.1) is 0 Å². The topological polar surface area (TPSA) is 41.5 Å². The number of hydrogen-bond donors (Lipinski definition) is 2. The molecule has 0 spiro atoms. The van der Waals surface area contributed by atoms with Crippen LogP contribution in [-0.4, -0.2) is 36.5 Å². The average molecular weight is 273 g/mol. The summed E-state index contributed by atoms with van der Waals surface area (Å²) in [5.74, 6) is 0. The van der Waals surface area contributed by atoms with Gasteiger partial charge in [-0.1, -0.05) is 34.6 Å². The first kappa shape index (κ1) is 18.9. The van der Waals surface area contributed by atoms with Crippen LogP contribution in [0.5, 0.6) is 0 Å². The van der Waals surface area contributed by atoms with E-state index in [0.717, 1.165) is 38.9 Å². The summed E-state index contributed by atoms with van der Waals surface area (Å²) < 4.78 is 5.66. The third-order valence-electron chi connectivity index (χ3n) is 3.25. The molecular formula is C16H35NO2. The molecule has 1 atom stereocenters. The summed E-state index contributed by atoms with van der Waals surface area (Å²) in [5.41, 5.74) is 0.205. The number of aliphatic hydroxyl groups is 1. The largest absolute Gasteiger partial charge is 0.394 e. The van der Waals surface area contributed by atoms with Gasteiger partial charge in [0.2, 0.25) is 0 Å². The van der Waals surface area contributed by atoms with Gasteiger partial charge in [0.1, 0.15) is 0 Å². The highest BCUT2D eigenvalue weighted by Crippen LogP contribution is 2.18. The second kappa shape index (κ2) is 8.93.